The number of primary amides is 1. The van der Waals surface area contributed by atoms with E-state index >= 15 is 0 Å². The van der Waals surface area contributed by atoms with Gasteiger partial charge in [-0.25, -0.2) is 4.98 Å². The molecule has 8 nitrogen and oxygen atoms in total. The number of carbonyl (C=O) groups is 2. The quantitative estimate of drug-likeness (QED) is 0.513. The summed E-state index contributed by atoms with van der Waals surface area (Å²) in [5, 5.41) is 0. The summed E-state index contributed by atoms with van der Waals surface area (Å²) < 4.78 is 2.00. The number of carbonyl (C=O) groups excluding carboxylic acids is 2. The van der Waals surface area contributed by atoms with Crippen molar-refractivity contribution in [2.45, 2.75) is 33.6 Å². The molecule has 174 valence electrons. The molecule has 0 atom stereocenters. The van der Waals surface area contributed by atoms with Crippen LogP contribution in [0.2, 0.25) is 0 Å². The maximum absolute atomic E-state index is 13.6. The number of anilines is 1. The van der Waals surface area contributed by atoms with Crippen LogP contribution in [0.1, 0.15) is 37.8 Å². The molecule has 2 aromatic heterocycles. The predicted molar refractivity (Wildman–Crippen MR) is 135 cm³/mol. The number of aromatic nitrogens is 2. The normalized spacial score (nSPS) is 18.8. The number of thiocarbonyl (C=S) groups is 1. The molecule has 2 aromatic rings. The minimum absolute atomic E-state index is 0.179. The summed E-state index contributed by atoms with van der Waals surface area (Å²) in [4.78, 5) is 47.0. The van der Waals surface area contributed by atoms with Gasteiger partial charge >= 0.3 is 0 Å². The van der Waals surface area contributed by atoms with Gasteiger partial charge in [0.1, 0.15) is 15.8 Å². The first-order chi connectivity index (χ1) is 15.7. The molecule has 2 aliphatic heterocycles. The molecular weight excluding hydrogens is 458 g/mol. The molecule has 0 bridgehead atoms. The van der Waals surface area contributed by atoms with Crippen LogP contribution in [0.15, 0.2) is 28.0 Å². The Kier molecular flexibility index (Phi) is 6.58. The molecule has 4 rings (SSSR count). The standard InChI is InChI=1S/C23H27N5O3S2/c1-13(2)11-28-22(31)17(33-23(28)32)10-16-20(26-8-6-15(7-9-26)19(24)29)25-18-5-4-14(3)12-27(18)21(16)30/h4-5,10,12-13,15H,6-9,11H2,1-3H3,(H2,24,29). The van der Waals surface area contributed by atoms with Gasteiger partial charge in [0.05, 0.1) is 10.5 Å². The highest BCUT2D eigenvalue weighted by atomic mass is 32.2. The van der Waals surface area contributed by atoms with Gasteiger partial charge in [-0.3, -0.25) is 23.7 Å². The van der Waals surface area contributed by atoms with Crippen molar-refractivity contribution in [3.63, 3.8) is 0 Å². The second-order valence-electron chi connectivity index (χ2n) is 8.94. The zero-order valence-electron chi connectivity index (χ0n) is 18.9. The van der Waals surface area contributed by atoms with Crippen molar-refractivity contribution >= 4 is 57.7 Å². The number of nitrogens with two attached hydrogens (primary N) is 1. The van der Waals surface area contributed by atoms with Crippen LogP contribution in [0.25, 0.3) is 11.7 Å². The fourth-order valence-corrected chi connectivity index (χ4v) is 5.40. The van der Waals surface area contributed by atoms with E-state index in [1.807, 2.05) is 37.8 Å². The Morgan fingerprint density at radius 1 is 1.30 bits per heavy atom. The third-order valence-corrected chi connectivity index (χ3v) is 7.26. The summed E-state index contributed by atoms with van der Waals surface area (Å²) in [5.41, 5.74) is 7.04. The van der Waals surface area contributed by atoms with Gasteiger partial charge in [-0.2, -0.15) is 0 Å². The smallest absolute Gasteiger partial charge is 0.267 e. The van der Waals surface area contributed by atoms with Crippen LogP contribution in [-0.2, 0) is 9.59 Å². The lowest BCUT2D eigenvalue weighted by Crippen LogP contribution is -2.40. The van der Waals surface area contributed by atoms with Crippen LogP contribution < -0.4 is 16.2 Å². The van der Waals surface area contributed by atoms with E-state index in [4.69, 9.17) is 22.9 Å². The van der Waals surface area contributed by atoms with Crippen molar-refractivity contribution in [1.29, 1.82) is 0 Å². The lowest BCUT2D eigenvalue weighted by molar-refractivity contribution is -0.123. The predicted octanol–water partition coefficient (Wildman–Crippen LogP) is 2.56. The van der Waals surface area contributed by atoms with Gasteiger partial charge in [0.2, 0.25) is 5.91 Å². The van der Waals surface area contributed by atoms with Crippen molar-refractivity contribution < 1.29 is 9.59 Å². The first-order valence-electron chi connectivity index (χ1n) is 11.0. The number of hydrogen-bond donors (Lipinski definition) is 1. The topological polar surface area (TPSA) is 101 Å². The van der Waals surface area contributed by atoms with E-state index in [2.05, 4.69) is 0 Å². The Morgan fingerprint density at radius 3 is 2.64 bits per heavy atom. The molecule has 0 unspecified atom stereocenters. The van der Waals surface area contributed by atoms with E-state index in [1.54, 1.807) is 17.2 Å². The molecule has 2 saturated heterocycles. The van der Waals surface area contributed by atoms with E-state index in [-0.39, 0.29) is 29.2 Å². The van der Waals surface area contributed by atoms with Crippen LogP contribution in [0.4, 0.5) is 5.82 Å². The van der Waals surface area contributed by atoms with E-state index in [9.17, 15) is 14.4 Å². The van der Waals surface area contributed by atoms with E-state index in [0.717, 1.165) is 5.56 Å². The average molecular weight is 486 g/mol. The molecular formula is C23H27N5O3S2. The fourth-order valence-electron chi connectivity index (χ4n) is 4.14. The Morgan fingerprint density at radius 2 is 2.00 bits per heavy atom. The number of rotatable bonds is 5. The Balaban J connectivity index is 1.80. The van der Waals surface area contributed by atoms with Crippen LogP contribution in [0, 0.1) is 18.8 Å². The Labute approximate surface area is 201 Å². The van der Waals surface area contributed by atoms with Gasteiger partial charge in [-0.1, -0.05) is 43.9 Å². The lowest BCUT2D eigenvalue weighted by atomic mass is 9.96. The molecule has 2 fully saturated rings. The highest BCUT2D eigenvalue weighted by molar-refractivity contribution is 8.26. The molecule has 0 aliphatic carbocycles. The number of amides is 2. The molecule has 2 aliphatic rings. The maximum Gasteiger partial charge on any atom is 0.267 e. The molecule has 0 spiro atoms. The number of nitrogens with zero attached hydrogens (tertiary/aromatic N) is 4. The van der Waals surface area contributed by atoms with Crippen molar-refractivity contribution in [1.82, 2.24) is 14.3 Å². The fraction of sp³-hybridized carbons (Fsp3) is 0.435. The Bertz CT molecular complexity index is 1230. The van der Waals surface area contributed by atoms with E-state index in [1.165, 1.54) is 16.2 Å². The molecule has 4 heterocycles. The van der Waals surface area contributed by atoms with E-state index < -0.39 is 0 Å². The first-order valence-corrected chi connectivity index (χ1v) is 12.2. The number of pyridine rings is 1. The van der Waals surface area contributed by atoms with Gasteiger partial charge in [0.15, 0.2) is 0 Å². The zero-order chi connectivity index (χ0) is 23.9. The zero-order valence-corrected chi connectivity index (χ0v) is 20.5. The van der Waals surface area contributed by atoms with Gasteiger partial charge in [-0.05, 0) is 43.4 Å². The van der Waals surface area contributed by atoms with Crippen LogP contribution in [0.3, 0.4) is 0 Å². The molecule has 33 heavy (non-hydrogen) atoms. The molecule has 0 aromatic carbocycles. The van der Waals surface area contributed by atoms with Crippen molar-refractivity contribution in [3.05, 3.63) is 44.7 Å². The number of hydrogen-bond acceptors (Lipinski definition) is 7. The van der Waals surface area contributed by atoms with Crippen LogP contribution in [0.5, 0.6) is 0 Å². The first kappa shape index (κ1) is 23.4. The summed E-state index contributed by atoms with van der Waals surface area (Å²) in [7, 11) is 0. The summed E-state index contributed by atoms with van der Waals surface area (Å²) in [5.74, 6) is 0.114. The maximum atomic E-state index is 13.6. The largest absolute Gasteiger partial charge is 0.369 e. The molecule has 0 saturated carbocycles. The highest BCUT2D eigenvalue weighted by Gasteiger charge is 2.33. The number of piperidine rings is 1. The van der Waals surface area contributed by atoms with Gasteiger partial charge in [0, 0.05) is 31.7 Å². The molecule has 10 heteroatoms. The molecule has 2 N–H and O–H groups in total. The number of aryl methyl sites for hydroxylation is 1. The monoisotopic (exact) mass is 485 g/mol. The average Bonchev–Trinajstić information content (AvgIpc) is 3.03. The second-order valence-corrected chi connectivity index (χ2v) is 10.6. The van der Waals surface area contributed by atoms with Crippen LogP contribution in [-0.4, -0.2) is 50.1 Å². The second kappa shape index (κ2) is 9.26. The van der Waals surface area contributed by atoms with E-state index in [0.29, 0.717) is 58.7 Å². The third kappa shape index (κ3) is 4.67. The van der Waals surface area contributed by atoms with Crippen molar-refractivity contribution in [2.75, 3.05) is 24.5 Å². The molecule has 2 amide bonds. The third-order valence-electron chi connectivity index (χ3n) is 5.88. The summed E-state index contributed by atoms with van der Waals surface area (Å²) >= 11 is 6.63. The summed E-state index contributed by atoms with van der Waals surface area (Å²) in [6.45, 7) is 7.60. The SMILES string of the molecule is Cc1ccc2nc(N3CCC(C(N)=O)CC3)c(C=C3SC(=S)N(CC(C)C)C3=O)c(=O)n2c1. The summed E-state index contributed by atoms with van der Waals surface area (Å²) in [6, 6.07) is 3.71. The Hall–Kier alpha value is -2.72. The van der Waals surface area contributed by atoms with Crippen molar-refractivity contribution in [3.8, 4) is 0 Å². The number of fused-ring (bicyclic) bond motifs is 1. The minimum atomic E-state index is -0.300. The lowest BCUT2D eigenvalue weighted by Gasteiger charge is -2.32. The van der Waals surface area contributed by atoms with Gasteiger partial charge in [-0.15, -0.1) is 0 Å². The van der Waals surface area contributed by atoms with Crippen molar-refractivity contribution in [2.24, 2.45) is 17.6 Å². The van der Waals surface area contributed by atoms with Gasteiger partial charge in [0.25, 0.3) is 11.5 Å². The van der Waals surface area contributed by atoms with Gasteiger partial charge < -0.3 is 10.6 Å². The highest BCUT2D eigenvalue weighted by Crippen LogP contribution is 2.34. The molecule has 0 radical (unpaired) electrons. The van der Waals surface area contributed by atoms with Crippen LogP contribution >= 0.6 is 24.0 Å². The number of thioether (sulfide) groups is 1. The minimum Gasteiger partial charge on any atom is -0.369 e. The summed E-state index contributed by atoms with van der Waals surface area (Å²) in [6.07, 6.45) is 4.56.